The van der Waals surface area contributed by atoms with Crippen molar-refractivity contribution in [1.82, 2.24) is 4.90 Å². The van der Waals surface area contributed by atoms with Crippen molar-refractivity contribution < 1.29 is 13.2 Å². The average molecular weight is 269 g/mol. The van der Waals surface area contributed by atoms with Gasteiger partial charge in [-0.15, -0.1) is 0 Å². The van der Waals surface area contributed by atoms with Crippen molar-refractivity contribution in [3.05, 3.63) is 29.3 Å². The Morgan fingerprint density at radius 3 is 2.79 bits per heavy atom. The Balaban J connectivity index is 2.11. The highest BCUT2D eigenvalue weighted by molar-refractivity contribution is 5.51. The molecule has 1 heterocycles. The van der Waals surface area contributed by atoms with Crippen molar-refractivity contribution >= 4 is 5.69 Å². The summed E-state index contributed by atoms with van der Waals surface area (Å²) in [5, 5.41) is 8.62. The van der Waals surface area contributed by atoms with Crippen LogP contribution in [-0.2, 0) is 13.0 Å². The minimum absolute atomic E-state index is 0.298. The molecule has 0 aliphatic carbocycles. The molecule has 1 aliphatic rings. The van der Waals surface area contributed by atoms with E-state index in [-0.39, 0.29) is 6.54 Å². The molecule has 0 bridgehead atoms. The Bertz CT molecular complexity index is 505. The summed E-state index contributed by atoms with van der Waals surface area (Å²) < 4.78 is 37.7. The van der Waals surface area contributed by atoms with Gasteiger partial charge in [0.05, 0.1) is 6.07 Å². The lowest BCUT2D eigenvalue weighted by Crippen LogP contribution is -2.39. The number of anilines is 1. The number of nitrogens with zero attached hydrogens (tertiary/aromatic N) is 2. The lowest BCUT2D eigenvalue weighted by molar-refractivity contribution is -0.163. The maximum atomic E-state index is 12.6. The third kappa shape index (κ3) is 2.99. The summed E-state index contributed by atoms with van der Waals surface area (Å²) in [5.74, 6) is -1.95. The first-order valence-corrected chi connectivity index (χ1v) is 5.96. The highest BCUT2D eigenvalue weighted by Crippen LogP contribution is 2.29. The van der Waals surface area contributed by atoms with Gasteiger partial charge in [0.25, 0.3) is 0 Å². The zero-order chi connectivity index (χ0) is 14.0. The molecule has 0 aromatic heterocycles. The summed E-state index contributed by atoms with van der Waals surface area (Å²) >= 11 is 0. The van der Waals surface area contributed by atoms with Crippen LogP contribution in [0.2, 0.25) is 0 Å². The molecule has 102 valence electrons. The van der Waals surface area contributed by atoms with Crippen LogP contribution >= 0.6 is 0 Å². The fourth-order valence-corrected chi connectivity index (χ4v) is 2.29. The number of nitrogen functional groups attached to an aromatic ring is 1. The number of hydrogen-bond acceptors (Lipinski definition) is 3. The van der Waals surface area contributed by atoms with Crippen molar-refractivity contribution in [2.24, 2.45) is 5.92 Å². The Kier molecular flexibility index (Phi) is 3.67. The summed E-state index contributed by atoms with van der Waals surface area (Å²) in [4.78, 5) is 1.64. The van der Waals surface area contributed by atoms with Crippen LogP contribution < -0.4 is 5.73 Å². The molecule has 0 amide bonds. The van der Waals surface area contributed by atoms with Crippen LogP contribution in [0.3, 0.4) is 0 Å². The van der Waals surface area contributed by atoms with Crippen LogP contribution in [0.25, 0.3) is 0 Å². The molecule has 0 saturated heterocycles. The van der Waals surface area contributed by atoms with Gasteiger partial charge in [-0.2, -0.15) is 18.4 Å². The molecular formula is C13H14F3N3. The zero-order valence-electron chi connectivity index (χ0n) is 10.2. The topological polar surface area (TPSA) is 53.0 Å². The van der Waals surface area contributed by atoms with E-state index in [1.165, 1.54) is 6.07 Å². The SMILES string of the molecule is N#CC(CN1CCc2cccc(N)c2C1)C(F)(F)F. The summed E-state index contributed by atoms with van der Waals surface area (Å²) in [6.07, 6.45) is -3.81. The van der Waals surface area contributed by atoms with E-state index in [0.29, 0.717) is 25.2 Å². The number of benzene rings is 1. The first-order chi connectivity index (χ1) is 8.91. The molecule has 0 radical (unpaired) electrons. The second kappa shape index (κ2) is 5.10. The standard InChI is InChI=1S/C13H14F3N3/c14-13(15,16)10(6-17)7-19-5-4-9-2-1-3-12(18)11(9)8-19/h1-3,10H,4-5,7-8,18H2. The normalized spacial score (nSPS) is 17.6. The number of rotatable bonds is 2. The Morgan fingerprint density at radius 1 is 1.42 bits per heavy atom. The van der Waals surface area contributed by atoms with Gasteiger partial charge in [0.1, 0.15) is 0 Å². The molecule has 2 rings (SSSR count). The third-order valence-electron chi connectivity index (χ3n) is 3.38. The molecule has 3 nitrogen and oxygen atoms in total. The van der Waals surface area contributed by atoms with Crippen LogP contribution in [-0.4, -0.2) is 24.2 Å². The van der Waals surface area contributed by atoms with E-state index < -0.39 is 12.1 Å². The van der Waals surface area contributed by atoms with E-state index in [9.17, 15) is 13.2 Å². The number of fused-ring (bicyclic) bond motifs is 1. The fourth-order valence-electron chi connectivity index (χ4n) is 2.29. The van der Waals surface area contributed by atoms with Gasteiger partial charge in [-0.1, -0.05) is 12.1 Å². The molecule has 1 aromatic carbocycles. The van der Waals surface area contributed by atoms with Crippen LogP contribution in [0.1, 0.15) is 11.1 Å². The van der Waals surface area contributed by atoms with E-state index in [2.05, 4.69) is 0 Å². The largest absolute Gasteiger partial charge is 0.405 e. The molecule has 1 unspecified atom stereocenters. The fraction of sp³-hybridized carbons (Fsp3) is 0.462. The van der Waals surface area contributed by atoms with Crippen molar-refractivity contribution in [1.29, 1.82) is 5.26 Å². The molecule has 1 aliphatic heterocycles. The minimum Gasteiger partial charge on any atom is -0.398 e. The highest BCUT2D eigenvalue weighted by atomic mass is 19.4. The van der Waals surface area contributed by atoms with Crippen molar-refractivity contribution in [3.8, 4) is 6.07 Å². The molecular weight excluding hydrogens is 255 g/mol. The predicted molar refractivity (Wildman–Crippen MR) is 65.0 cm³/mol. The van der Waals surface area contributed by atoms with Gasteiger partial charge in [0.2, 0.25) is 0 Å². The summed E-state index contributed by atoms with van der Waals surface area (Å²) in [5.41, 5.74) is 8.40. The maximum Gasteiger partial charge on any atom is 0.405 e. The van der Waals surface area contributed by atoms with E-state index in [4.69, 9.17) is 11.0 Å². The Hall–Kier alpha value is -1.74. The average Bonchev–Trinajstić information content (AvgIpc) is 2.35. The predicted octanol–water partition coefficient (Wildman–Crippen LogP) is 2.33. The minimum atomic E-state index is -4.47. The molecule has 0 fully saturated rings. The number of nitriles is 1. The van der Waals surface area contributed by atoms with Crippen molar-refractivity contribution in [3.63, 3.8) is 0 Å². The molecule has 6 heteroatoms. The Labute approximate surface area is 109 Å². The highest BCUT2D eigenvalue weighted by Gasteiger charge is 2.41. The van der Waals surface area contributed by atoms with Crippen molar-refractivity contribution in [2.75, 3.05) is 18.8 Å². The zero-order valence-corrected chi connectivity index (χ0v) is 10.2. The van der Waals surface area contributed by atoms with E-state index in [1.807, 2.05) is 12.1 Å². The van der Waals surface area contributed by atoms with Crippen LogP contribution in [0.5, 0.6) is 0 Å². The van der Waals surface area contributed by atoms with E-state index in [0.717, 1.165) is 11.1 Å². The van der Waals surface area contributed by atoms with Gasteiger partial charge >= 0.3 is 6.18 Å². The smallest absolute Gasteiger partial charge is 0.398 e. The molecule has 0 saturated carbocycles. The van der Waals surface area contributed by atoms with Gasteiger partial charge in [0, 0.05) is 25.3 Å². The summed E-state index contributed by atoms with van der Waals surface area (Å²) in [6, 6.07) is 6.86. The lowest BCUT2D eigenvalue weighted by Gasteiger charge is -2.31. The van der Waals surface area contributed by atoms with Crippen LogP contribution in [0, 0.1) is 17.2 Å². The summed E-state index contributed by atoms with van der Waals surface area (Å²) in [6.45, 7) is 0.592. The van der Waals surface area contributed by atoms with Crippen molar-refractivity contribution in [2.45, 2.75) is 19.1 Å². The molecule has 0 spiro atoms. The quantitative estimate of drug-likeness (QED) is 0.838. The van der Waals surface area contributed by atoms with Gasteiger partial charge in [-0.3, -0.25) is 4.90 Å². The second-order valence-corrected chi connectivity index (χ2v) is 4.69. The first kappa shape index (κ1) is 13.7. The third-order valence-corrected chi connectivity index (χ3v) is 3.38. The number of nitrogens with two attached hydrogens (primary N) is 1. The molecule has 19 heavy (non-hydrogen) atoms. The second-order valence-electron chi connectivity index (χ2n) is 4.69. The van der Waals surface area contributed by atoms with Gasteiger partial charge in [0.15, 0.2) is 5.92 Å². The molecule has 1 aromatic rings. The van der Waals surface area contributed by atoms with E-state index >= 15 is 0 Å². The van der Waals surface area contributed by atoms with Crippen LogP contribution in [0.15, 0.2) is 18.2 Å². The van der Waals surface area contributed by atoms with Gasteiger partial charge < -0.3 is 5.73 Å². The van der Waals surface area contributed by atoms with Gasteiger partial charge in [-0.05, 0) is 23.6 Å². The Morgan fingerprint density at radius 2 is 2.16 bits per heavy atom. The van der Waals surface area contributed by atoms with Gasteiger partial charge in [-0.25, -0.2) is 0 Å². The molecule has 1 atom stereocenters. The monoisotopic (exact) mass is 269 g/mol. The summed E-state index contributed by atoms with van der Waals surface area (Å²) in [7, 11) is 0. The molecule has 2 N–H and O–H groups in total. The first-order valence-electron chi connectivity index (χ1n) is 5.96. The maximum absolute atomic E-state index is 12.6. The number of hydrogen-bond donors (Lipinski definition) is 1. The lowest BCUT2D eigenvalue weighted by atomic mass is 9.97. The van der Waals surface area contributed by atoms with Crippen LogP contribution in [0.4, 0.5) is 18.9 Å². The number of alkyl halides is 3. The van der Waals surface area contributed by atoms with E-state index in [1.54, 1.807) is 11.0 Å². The number of halogens is 3.